The third-order valence-electron chi connectivity index (χ3n) is 2.94. The van der Waals surface area contributed by atoms with Crippen molar-refractivity contribution in [1.82, 2.24) is 10.3 Å². The number of halogens is 2. The lowest BCUT2D eigenvalue weighted by Gasteiger charge is -2.19. The van der Waals surface area contributed by atoms with Crippen molar-refractivity contribution >= 4 is 0 Å². The van der Waals surface area contributed by atoms with Gasteiger partial charge in [0.25, 0.3) is 0 Å². The van der Waals surface area contributed by atoms with Gasteiger partial charge in [-0.1, -0.05) is 13.0 Å². The zero-order valence-corrected chi connectivity index (χ0v) is 11.0. The molecule has 19 heavy (non-hydrogen) atoms. The molecule has 0 aliphatic rings. The van der Waals surface area contributed by atoms with Crippen LogP contribution in [0.2, 0.25) is 0 Å². The van der Waals surface area contributed by atoms with Gasteiger partial charge in [0.1, 0.15) is 11.6 Å². The van der Waals surface area contributed by atoms with Gasteiger partial charge in [0.05, 0.1) is 6.04 Å². The minimum Gasteiger partial charge on any atom is -0.306 e. The first-order valence-electron chi connectivity index (χ1n) is 6.22. The number of hydrogen-bond donors (Lipinski definition) is 1. The first-order valence-corrected chi connectivity index (χ1v) is 6.22. The molecule has 0 aliphatic heterocycles. The van der Waals surface area contributed by atoms with E-state index in [0.29, 0.717) is 12.1 Å². The van der Waals surface area contributed by atoms with Gasteiger partial charge in [0.2, 0.25) is 0 Å². The molecule has 1 aromatic heterocycles. The van der Waals surface area contributed by atoms with Crippen LogP contribution < -0.4 is 5.32 Å². The van der Waals surface area contributed by atoms with E-state index in [1.807, 2.05) is 26.0 Å². The van der Waals surface area contributed by atoms with Crippen LogP contribution >= 0.6 is 0 Å². The molecule has 2 rings (SSSR count). The van der Waals surface area contributed by atoms with Gasteiger partial charge in [0.15, 0.2) is 0 Å². The van der Waals surface area contributed by atoms with Crippen LogP contribution in [0.25, 0.3) is 0 Å². The fourth-order valence-electron chi connectivity index (χ4n) is 2.00. The number of rotatable bonds is 4. The largest absolute Gasteiger partial charge is 0.306 e. The van der Waals surface area contributed by atoms with Crippen molar-refractivity contribution in [3.05, 3.63) is 65.0 Å². The molecule has 0 amide bonds. The predicted octanol–water partition coefficient (Wildman–Crippen LogP) is 3.37. The number of nitrogens with one attached hydrogen (secondary N) is 1. The Hall–Kier alpha value is -1.81. The number of nitrogens with zero attached hydrogens (tertiary/aromatic N) is 1. The van der Waals surface area contributed by atoms with Crippen LogP contribution in [-0.2, 0) is 0 Å². The molecule has 0 saturated carbocycles. The smallest absolute Gasteiger partial charge is 0.128 e. The molecule has 1 N–H and O–H groups in total. The van der Waals surface area contributed by atoms with Crippen molar-refractivity contribution in [3.8, 4) is 0 Å². The fraction of sp³-hybridized carbons (Fsp3) is 0.267. The summed E-state index contributed by atoms with van der Waals surface area (Å²) in [6.07, 6.45) is 1.69. The van der Waals surface area contributed by atoms with Gasteiger partial charge in [-0.15, -0.1) is 0 Å². The Kier molecular flexibility index (Phi) is 4.22. The van der Waals surface area contributed by atoms with E-state index in [0.717, 1.165) is 23.4 Å². The van der Waals surface area contributed by atoms with Crippen LogP contribution in [0, 0.1) is 18.6 Å². The van der Waals surface area contributed by atoms with Crippen LogP contribution in [0.1, 0.15) is 29.8 Å². The second-order valence-electron chi connectivity index (χ2n) is 4.39. The third-order valence-corrected chi connectivity index (χ3v) is 2.94. The minimum absolute atomic E-state index is 0.299. The Bertz CT molecular complexity index is 553. The summed E-state index contributed by atoms with van der Waals surface area (Å²) in [5, 5.41) is 3.16. The summed E-state index contributed by atoms with van der Waals surface area (Å²) in [7, 11) is 0. The predicted molar refractivity (Wildman–Crippen MR) is 70.9 cm³/mol. The standard InChI is InChI=1S/C15H16F2N2/c1-3-18-15(11-5-4-10(2)19-9-11)13-8-12(16)6-7-14(13)17/h4-9,15,18H,3H2,1-2H3. The molecule has 1 heterocycles. The number of aromatic nitrogens is 1. The molecule has 4 heteroatoms. The van der Waals surface area contributed by atoms with E-state index < -0.39 is 17.7 Å². The molecule has 100 valence electrons. The number of pyridine rings is 1. The zero-order valence-electron chi connectivity index (χ0n) is 11.0. The maximum Gasteiger partial charge on any atom is 0.128 e. The molecule has 0 radical (unpaired) electrons. The summed E-state index contributed by atoms with van der Waals surface area (Å²) in [5.74, 6) is -0.868. The molecular weight excluding hydrogens is 246 g/mol. The zero-order chi connectivity index (χ0) is 13.8. The molecule has 1 atom stereocenters. The third kappa shape index (κ3) is 3.15. The summed E-state index contributed by atoms with van der Waals surface area (Å²) in [6.45, 7) is 4.45. The van der Waals surface area contributed by atoms with E-state index in [-0.39, 0.29) is 0 Å². The van der Waals surface area contributed by atoms with Crippen molar-refractivity contribution in [2.24, 2.45) is 0 Å². The Morgan fingerprint density at radius 2 is 2.00 bits per heavy atom. The lowest BCUT2D eigenvalue weighted by Crippen LogP contribution is -2.23. The van der Waals surface area contributed by atoms with Gasteiger partial charge in [-0.25, -0.2) is 8.78 Å². The second kappa shape index (κ2) is 5.89. The van der Waals surface area contributed by atoms with E-state index in [9.17, 15) is 8.78 Å². The van der Waals surface area contributed by atoms with E-state index in [4.69, 9.17) is 0 Å². The Morgan fingerprint density at radius 3 is 2.63 bits per heavy atom. The van der Waals surface area contributed by atoms with Gasteiger partial charge in [-0.05, 0) is 43.3 Å². The normalized spacial score (nSPS) is 12.4. The van der Waals surface area contributed by atoms with Crippen molar-refractivity contribution in [2.75, 3.05) is 6.54 Å². The van der Waals surface area contributed by atoms with Gasteiger partial charge in [-0.2, -0.15) is 0 Å². The van der Waals surface area contributed by atoms with Crippen molar-refractivity contribution in [3.63, 3.8) is 0 Å². The van der Waals surface area contributed by atoms with Gasteiger partial charge >= 0.3 is 0 Å². The van der Waals surface area contributed by atoms with Gasteiger partial charge in [0, 0.05) is 17.5 Å². The topological polar surface area (TPSA) is 24.9 Å². The molecule has 0 bridgehead atoms. The summed E-state index contributed by atoms with van der Waals surface area (Å²) >= 11 is 0. The maximum atomic E-state index is 13.9. The first kappa shape index (κ1) is 13.6. The number of benzene rings is 1. The molecule has 1 unspecified atom stereocenters. The Balaban J connectivity index is 2.44. The lowest BCUT2D eigenvalue weighted by atomic mass is 9.99. The SMILES string of the molecule is CCNC(c1ccc(C)nc1)c1cc(F)ccc1F. The van der Waals surface area contributed by atoms with Crippen molar-refractivity contribution < 1.29 is 8.78 Å². The molecule has 1 aromatic carbocycles. The van der Waals surface area contributed by atoms with E-state index in [1.165, 1.54) is 6.07 Å². The molecule has 0 fully saturated rings. The highest BCUT2D eigenvalue weighted by atomic mass is 19.1. The summed E-state index contributed by atoms with van der Waals surface area (Å²) in [5.41, 5.74) is 2.00. The van der Waals surface area contributed by atoms with Gasteiger partial charge in [-0.3, -0.25) is 4.98 Å². The molecule has 2 nitrogen and oxygen atoms in total. The van der Waals surface area contributed by atoms with Crippen LogP contribution in [0.5, 0.6) is 0 Å². The fourth-order valence-corrected chi connectivity index (χ4v) is 2.00. The average Bonchev–Trinajstić information content (AvgIpc) is 2.40. The molecule has 0 saturated heterocycles. The highest BCUT2D eigenvalue weighted by Crippen LogP contribution is 2.24. The molecular formula is C15H16F2N2. The maximum absolute atomic E-state index is 13.9. The van der Waals surface area contributed by atoms with E-state index >= 15 is 0 Å². The lowest BCUT2D eigenvalue weighted by molar-refractivity contribution is 0.544. The minimum atomic E-state index is -0.445. The number of aryl methyl sites for hydroxylation is 1. The van der Waals surface area contributed by atoms with Crippen molar-refractivity contribution in [2.45, 2.75) is 19.9 Å². The molecule has 0 spiro atoms. The summed E-state index contributed by atoms with van der Waals surface area (Å²) in [6, 6.07) is 6.83. The molecule has 0 aliphatic carbocycles. The summed E-state index contributed by atoms with van der Waals surface area (Å²) in [4.78, 5) is 4.20. The molecule has 2 aromatic rings. The quantitative estimate of drug-likeness (QED) is 0.913. The Labute approximate surface area is 111 Å². The van der Waals surface area contributed by atoms with Crippen LogP contribution in [-0.4, -0.2) is 11.5 Å². The average molecular weight is 262 g/mol. The summed E-state index contributed by atoms with van der Waals surface area (Å²) < 4.78 is 27.2. The monoisotopic (exact) mass is 262 g/mol. The van der Waals surface area contributed by atoms with Crippen LogP contribution in [0.15, 0.2) is 36.5 Å². The van der Waals surface area contributed by atoms with Crippen LogP contribution in [0.3, 0.4) is 0 Å². The highest BCUT2D eigenvalue weighted by molar-refractivity contribution is 5.32. The van der Waals surface area contributed by atoms with E-state index in [1.54, 1.807) is 6.20 Å². The van der Waals surface area contributed by atoms with Crippen molar-refractivity contribution in [1.29, 1.82) is 0 Å². The second-order valence-corrected chi connectivity index (χ2v) is 4.39. The Morgan fingerprint density at radius 1 is 1.21 bits per heavy atom. The van der Waals surface area contributed by atoms with E-state index in [2.05, 4.69) is 10.3 Å². The first-order chi connectivity index (χ1) is 9.11. The van der Waals surface area contributed by atoms with Crippen LogP contribution in [0.4, 0.5) is 8.78 Å². The highest BCUT2D eigenvalue weighted by Gasteiger charge is 2.18. The van der Waals surface area contributed by atoms with Gasteiger partial charge < -0.3 is 5.32 Å². The number of hydrogen-bond acceptors (Lipinski definition) is 2.